The molecule has 4 nitrogen and oxygen atoms in total. The van der Waals surface area contributed by atoms with Crippen LogP contribution in [0.15, 0.2) is 6.20 Å². The fourth-order valence-electron chi connectivity index (χ4n) is 2.50. The van der Waals surface area contributed by atoms with Crippen molar-refractivity contribution in [2.75, 3.05) is 11.4 Å². The maximum Gasteiger partial charge on any atom is 0.131 e. The normalized spacial score (nSPS) is 15.0. The Morgan fingerprint density at radius 2 is 2.00 bits per heavy atom. The molecule has 0 aliphatic heterocycles. The predicted molar refractivity (Wildman–Crippen MR) is 88.8 cm³/mol. The van der Waals surface area contributed by atoms with Crippen molar-refractivity contribution in [2.24, 2.45) is 0 Å². The first-order valence-corrected chi connectivity index (χ1v) is 8.38. The van der Waals surface area contributed by atoms with Gasteiger partial charge in [0.15, 0.2) is 0 Å². The van der Waals surface area contributed by atoms with Gasteiger partial charge in [0.25, 0.3) is 0 Å². The molecule has 1 aliphatic carbocycles. The maximum absolute atomic E-state index is 4.84. The number of nitrogens with zero attached hydrogens (tertiary/aromatic N) is 3. The summed E-state index contributed by atoms with van der Waals surface area (Å²) < 4.78 is 0. The highest BCUT2D eigenvalue weighted by Gasteiger charge is 2.23. The highest BCUT2D eigenvalue weighted by Crippen LogP contribution is 2.25. The van der Waals surface area contributed by atoms with Gasteiger partial charge in [0, 0.05) is 31.1 Å². The van der Waals surface area contributed by atoms with Crippen molar-refractivity contribution in [3.05, 3.63) is 17.7 Å². The third-order valence-corrected chi connectivity index (χ3v) is 3.91. The Bertz CT molecular complexity index is 452. The zero-order valence-electron chi connectivity index (χ0n) is 14.2. The van der Waals surface area contributed by atoms with Crippen LogP contribution >= 0.6 is 0 Å². The van der Waals surface area contributed by atoms with Gasteiger partial charge in [0.05, 0.1) is 17.6 Å². The van der Waals surface area contributed by atoms with Crippen molar-refractivity contribution in [3.63, 3.8) is 0 Å². The molecule has 1 aromatic heterocycles. The molecule has 0 bridgehead atoms. The average Bonchev–Trinajstić information content (AvgIpc) is 3.26. The van der Waals surface area contributed by atoms with Gasteiger partial charge in [-0.3, -0.25) is 0 Å². The van der Waals surface area contributed by atoms with Crippen LogP contribution in [0.1, 0.15) is 71.3 Å². The number of hydrogen-bond acceptors (Lipinski definition) is 4. The predicted octanol–water partition coefficient (Wildman–Crippen LogP) is 3.48. The molecule has 21 heavy (non-hydrogen) atoms. The molecule has 0 saturated heterocycles. The standard InChI is InChI=1S/C17H30N4/c1-6-9-21(13(4)5)16-11-19-17(12(2)3)20-15(16)10-18-14-7-8-14/h11-14,18H,6-10H2,1-5H3. The largest absolute Gasteiger partial charge is 0.366 e. The van der Waals surface area contributed by atoms with E-state index in [1.54, 1.807) is 0 Å². The highest BCUT2D eigenvalue weighted by atomic mass is 15.2. The smallest absolute Gasteiger partial charge is 0.131 e. The molecule has 1 aromatic rings. The van der Waals surface area contributed by atoms with Gasteiger partial charge in [-0.15, -0.1) is 0 Å². The Balaban J connectivity index is 2.26. The van der Waals surface area contributed by atoms with Crippen molar-refractivity contribution >= 4 is 5.69 Å². The summed E-state index contributed by atoms with van der Waals surface area (Å²) in [5.74, 6) is 1.32. The first-order chi connectivity index (χ1) is 10.0. The molecule has 2 rings (SSSR count). The van der Waals surface area contributed by atoms with Crippen LogP contribution in [0.5, 0.6) is 0 Å². The van der Waals surface area contributed by atoms with E-state index in [2.05, 4.69) is 49.8 Å². The second-order valence-corrected chi connectivity index (χ2v) is 6.66. The van der Waals surface area contributed by atoms with Crippen LogP contribution in [0.25, 0.3) is 0 Å². The Kier molecular flexibility index (Phi) is 5.57. The summed E-state index contributed by atoms with van der Waals surface area (Å²) in [7, 11) is 0. The van der Waals surface area contributed by atoms with Gasteiger partial charge in [-0.2, -0.15) is 0 Å². The maximum atomic E-state index is 4.84. The quantitative estimate of drug-likeness (QED) is 0.796. The van der Waals surface area contributed by atoms with E-state index in [1.807, 2.05) is 6.20 Å². The lowest BCUT2D eigenvalue weighted by atomic mass is 10.1. The molecule has 0 spiro atoms. The Labute approximate surface area is 129 Å². The van der Waals surface area contributed by atoms with Crippen molar-refractivity contribution in [3.8, 4) is 0 Å². The molecule has 4 heteroatoms. The Hall–Kier alpha value is -1.16. The molecule has 1 fully saturated rings. The zero-order chi connectivity index (χ0) is 15.4. The lowest BCUT2D eigenvalue weighted by molar-refractivity contribution is 0.630. The summed E-state index contributed by atoms with van der Waals surface area (Å²) in [5, 5.41) is 3.60. The van der Waals surface area contributed by atoms with E-state index in [0.717, 1.165) is 31.0 Å². The van der Waals surface area contributed by atoms with E-state index in [0.29, 0.717) is 18.0 Å². The molecule has 0 radical (unpaired) electrons. The van der Waals surface area contributed by atoms with E-state index in [1.165, 1.54) is 18.5 Å². The van der Waals surface area contributed by atoms with Gasteiger partial charge in [-0.25, -0.2) is 9.97 Å². The minimum Gasteiger partial charge on any atom is -0.366 e. The second kappa shape index (κ2) is 7.21. The van der Waals surface area contributed by atoms with Crippen LogP contribution in [0.4, 0.5) is 5.69 Å². The molecule has 0 aromatic carbocycles. The molecule has 1 aliphatic rings. The van der Waals surface area contributed by atoms with Gasteiger partial charge in [-0.05, 0) is 33.1 Å². The summed E-state index contributed by atoms with van der Waals surface area (Å²) in [5.41, 5.74) is 2.35. The third kappa shape index (κ3) is 4.40. The van der Waals surface area contributed by atoms with Crippen molar-refractivity contribution < 1.29 is 0 Å². The van der Waals surface area contributed by atoms with Crippen LogP contribution in [-0.4, -0.2) is 28.6 Å². The summed E-state index contributed by atoms with van der Waals surface area (Å²) in [4.78, 5) is 11.9. The Morgan fingerprint density at radius 3 is 2.52 bits per heavy atom. The lowest BCUT2D eigenvalue weighted by Crippen LogP contribution is -2.33. The number of aromatic nitrogens is 2. The monoisotopic (exact) mass is 290 g/mol. The first kappa shape index (κ1) is 16.2. The minimum absolute atomic E-state index is 0.373. The molecular weight excluding hydrogens is 260 g/mol. The summed E-state index contributed by atoms with van der Waals surface area (Å²) in [6.07, 6.45) is 5.78. The molecule has 0 amide bonds. The molecule has 1 saturated carbocycles. The molecule has 118 valence electrons. The third-order valence-electron chi connectivity index (χ3n) is 3.91. The van der Waals surface area contributed by atoms with E-state index < -0.39 is 0 Å². The van der Waals surface area contributed by atoms with E-state index in [-0.39, 0.29) is 0 Å². The summed E-state index contributed by atoms with van der Waals surface area (Å²) in [6, 6.07) is 1.17. The lowest BCUT2D eigenvalue weighted by Gasteiger charge is -2.30. The van der Waals surface area contributed by atoms with Crippen molar-refractivity contribution in [2.45, 2.75) is 78.4 Å². The van der Waals surface area contributed by atoms with Crippen LogP contribution in [0, 0.1) is 0 Å². The first-order valence-electron chi connectivity index (χ1n) is 8.38. The minimum atomic E-state index is 0.373. The number of anilines is 1. The molecule has 0 unspecified atom stereocenters. The van der Waals surface area contributed by atoms with Gasteiger partial charge in [0.1, 0.15) is 5.82 Å². The van der Waals surface area contributed by atoms with Gasteiger partial charge < -0.3 is 10.2 Å². The molecule has 1 heterocycles. The van der Waals surface area contributed by atoms with Gasteiger partial charge >= 0.3 is 0 Å². The van der Waals surface area contributed by atoms with E-state index >= 15 is 0 Å². The van der Waals surface area contributed by atoms with Crippen molar-refractivity contribution in [1.82, 2.24) is 15.3 Å². The van der Waals surface area contributed by atoms with Crippen LogP contribution < -0.4 is 10.2 Å². The van der Waals surface area contributed by atoms with Crippen LogP contribution in [0.2, 0.25) is 0 Å². The van der Waals surface area contributed by atoms with E-state index in [4.69, 9.17) is 4.98 Å². The average molecular weight is 290 g/mol. The van der Waals surface area contributed by atoms with Gasteiger partial charge in [-0.1, -0.05) is 20.8 Å². The van der Waals surface area contributed by atoms with E-state index in [9.17, 15) is 0 Å². The fraction of sp³-hybridized carbons (Fsp3) is 0.765. The number of rotatable bonds is 8. The van der Waals surface area contributed by atoms with Crippen molar-refractivity contribution in [1.29, 1.82) is 0 Å². The molecular formula is C17H30N4. The Morgan fingerprint density at radius 1 is 1.29 bits per heavy atom. The van der Waals surface area contributed by atoms with Gasteiger partial charge in [0.2, 0.25) is 0 Å². The fourth-order valence-corrected chi connectivity index (χ4v) is 2.50. The number of hydrogen-bond donors (Lipinski definition) is 1. The van der Waals surface area contributed by atoms with Crippen LogP contribution in [-0.2, 0) is 6.54 Å². The highest BCUT2D eigenvalue weighted by molar-refractivity contribution is 5.50. The second-order valence-electron chi connectivity index (χ2n) is 6.66. The summed E-state index contributed by atoms with van der Waals surface area (Å²) >= 11 is 0. The number of nitrogens with one attached hydrogen (secondary N) is 1. The van der Waals surface area contributed by atoms with Crippen LogP contribution in [0.3, 0.4) is 0 Å². The molecule has 0 atom stereocenters. The molecule has 1 N–H and O–H groups in total. The SMILES string of the molecule is CCCN(c1cnc(C(C)C)nc1CNC1CC1)C(C)C. The zero-order valence-corrected chi connectivity index (χ0v) is 14.2. The summed E-state index contributed by atoms with van der Waals surface area (Å²) in [6.45, 7) is 12.9. The topological polar surface area (TPSA) is 41.1 Å².